The number of carbonyl (C=O) groups excluding carboxylic acids is 3. The van der Waals surface area contributed by atoms with Gasteiger partial charge in [-0.25, -0.2) is 4.79 Å². The molecule has 2 aliphatic carbocycles. The van der Waals surface area contributed by atoms with Crippen molar-refractivity contribution >= 4 is 17.9 Å². The molecule has 11 heteroatoms. The molecule has 1 saturated carbocycles. The van der Waals surface area contributed by atoms with Crippen molar-refractivity contribution in [2.75, 3.05) is 0 Å². The smallest absolute Gasteiger partial charge is 0.342 e. The molecule has 0 unspecified atom stereocenters. The lowest BCUT2D eigenvalue weighted by atomic mass is 9.51. The van der Waals surface area contributed by atoms with Gasteiger partial charge in [-0.15, -0.1) is 0 Å². The zero-order valence-corrected chi connectivity index (χ0v) is 20.7. The second-order valence-corrected chi connectivity index (χ2v) is 10.9. The van der Waals surface area contributed by atoms with Crippen LogP contribution in [0.2, 0.25) is 0 Å². The number of epoxide rings is 1. The summed E-state index contributed by atoms with van der Waals surface area (Å²) in [6.45, 7) is 8.31. The summed E-state index contributed by atoms with van der Waals surface area (Å²) in [7, 11) is 0. The predicted molar refractivity (Wildman–Crippen MR) is 116 cm³/mol. The Morgan fingerprint density at radius 1 is 1.03 bits per heavy atom. The van der Waals surface area contributed by atoms with E-state index in [-0.39, 0.29) is 12.8 Å². The zero-order chi connectivity index (χ0) is 26.3. The van der Waals surface area contributed by atoms with Crippen molar-refractivity contribution in [2.24, 2.45) is 11.3 Å². The Bertz CT molecular complexity index is 975. The van der Waals surface area contributed by atoms with Crippen LogP contribution in [0.5, 0.6) is 0 Å². The van der Waals surface area contributed by atoms with Gasteiger partial charge in [0.05, 0.1) is 29.3 Å². The summed E-state index contributed by atoms with van der Waals surface area (Å²) in [4.78, 5) is 36.9. The summed E-state index contributed by atoms with van der Waals surface area (Å²) < 4.78 is 22.6. The van der Waals surface area contributed by atoms with Gasteiger partial charge in [-0.2, -0.15) is 0 Å². The van der Waals surface area contributed by atoms with E-state index in [2.05, 4.69) is 0 Å². The second kappa shape index (κ2) is 7.97. The third-order valence-electron chi connectivity index (χ3n) is 8.67. The molecule has 11 atom stereocenters. The maximum atomic E-state index is 12.7. The number of ether oxygens (including phenoxy) is 4. The molecule has 2 heterocycles. The number of esters is 3. The fourth-order valence-electron chi connectivity index (χ4n) is 6.62. The molecular formula is C24H34O11. The summed E-state index contributed by atoms with van der Waals surface area (Å²) in [6.07, 6.45) is -6.59. The Kier molecular flexibility index (Phi) is 5.93. The Morgan fingerprint density at radius 3 is 2.09 bits per heavy atom. The van der Waals surface area contributed by atoms with Crippen molar-refractivity contribution in [1.29, 1.82) is 0 Å². The van der Waals surface area contributed by atoms with Crippen LogP contribution in [-0.4, -0.2) is 91.8 Å². The molecule has 4 aliphatic rings. The quantitative estimate of drug-likeness (QED) is 0.168. The van der Waals surface area contributed by atoms with E-state index in [4.69, 9.17) is 18.9 Å². The minimum atomic E-state index is -2.01. The SMILES string of the molecule is CC(=O)O[C@@H]1C[C@@H](O)[C@](C)(O)[C@H]2[C@@H](O)[C@@]34O[C@]3(C)C(=O)O[C@@H]4C=C(C)[C@@H](O)C[C@@H](OC(C)=O)[C@@]21C. The van der Waals surface area contributed by atoms with Crippen LogP contribution in [0, 0.1) is 11.3 Å². The van der Waals surface area contributed by atoms with Gasteiger partial charge in [-0.05, 0) is 32.4 Å². The van der Waals surface area contributed by atoms with Crippen LogP contribution in [0.25, 0.3) is 0 Å². The summed E-state index contributed by atoms with van der Waals surface area (Å²) in [6, 6.07) is 0. The highest BCUT2D eigenvalue weighted by Gasteiger charge is 2.87. The fraction of sp³-hybridized carbons (Fsp3) is 0.792. The van der Waals surface area contributed by atoms with E-state index in [1.54, 1.807) is 13.8 Å². The Labute approximate surface area is 203 Å². The Hall–Kier alpha value is -2.05. The predicted octanol–water partition coefficient (Wildman–Crippen LogP) is -0.487. The van der Waals surface area contributed by atoms with E-state index in [0.717, 1.165) is 0 Å². The summed E-state index contributed by atoms with van der Waals surface area (Å²) in [5.41, 5.74) is -6.36. The summed E-state index contributed by atoms with van der Waals surface area (Å²) in [5.74, 6) is -3.45. The van der Waals surface area contributed by atoms with Crippen molar-refractivity contribution in [3.8, 4) is 0 Å². The van der Waals surface area contributed by atoms with Gasteiger partial charge in [0.15, 0.2) is 17.3 Å². The molecule has 0 aromatic heterocycles. The van der Waals surface area contributed by atoms with Crippen LogP contribution in [0.3, 0.4) is 0 Å². The highest BCUT2D eigenvalue weighted by atomic mass is 16.7. The monoisotopic (exact) mass is 498 g/mol. The fourth-order valence-corrected chi connectivity index (χ4v) is 6.62. The number of aliphatic hydroxyl groups excluding tert-OH is 3. The molecule has 0 bridgehead atoms. The van der Waals surface area contributed by atoms with Crippen molar-refractivity contribution < 1.29 is 53.8 Å². The zero-order valence-electron chi connectivity index (χ0n) is 20.7. The van der Waals surface area contributed by atoms with Crippen LogP contribution in [0.1, 0.15) is 54.4 Å². The molecular weight excluding hydrogens is 464 g/mol. The van der Waals surface area contributed by atoms with Crippen LogP contribution in [-0.2, 0) is 33.3 Å². The summed E-state index contributed by atoms with van der Waals surface area (Å²) in [5, 5.41) is 45.5. The van der Waals surface area contributed by atoms with Crippen LogP contribution in [0.15, 0.2) is 11.6 Å². The first-order chi connectivity index (χ1) is 16.0. The van der Waals surface area contributed by atoms with Crippen LogP contribution in [0.4, 0.5) is 0 Å². The summed E-state index contributed by atoms with van der Waals surface area (Å²) >= 11 is 0. The van der Waals surface area contributed by atoms with Gasteiger partial charge >= 0.3 is 17.9 Å². The maximum absolute atomic E-state index is 12.7. The first kappa shape index (κ1) is 26.0. The molecule has 4 rings (SSSR count). The molecule has 0 aromatic carbocycles. The molecule has 3 fully saturated rings. The minimum Gasteiger partial charge on any atom is -0.462 e. The molecule has 4 N–H and O–H groups in total. The standard InChI is InChI=1S/C24H34O11/c1-10-7-17-24(23(6,35-24)20(30)34-17)19(29)18-21(4,15(8-13(10)27)32-11(2)25)16(33-12(3)26)9-14(28)22(18,5)31/h7,13-19,27-29,31H,8-9H2,1-6H3/t13-,14+,15+,16+,17+,18-,19+,21+,22-,23+,24+/m0/s1. The Balaban J connectivity index is 1.99. The van der Waals surface area contributed by atoms with Crippen LogP contribution < -0.4 is 0 Å². The molecule has 35 heavy (non-hydrogen) atoms. The average Bonchev–Trinajstić information content (AvgIpc) is 3.32. The van der Waals surface area contributed by atoms with Crippen molar-refractivity contribution in [1.82, 2.24) is 0 Å². The lowest BCUT2D eigenvalue weighted by molar-refractivity contribution is -0.272. The first-order valence-electron chi connectivity index (χ1n) is 11.7. The van der Waals surface area contributed by atoms with E-state index in [0.29, 0.717) is 5.57 Å². The van der Waals surface area contributed by atoms with E-state index >= 15 is 0 Å². The number of rotatable bonds is 2. The highest BCUT2D eigenvalue weighted by molar-refractivity contribution is 5.89. The Morgan fingerprint density at radius 2 is 1.57 bits per heavy atom. The minimum absolute atomic E-state index is 0.169. The maximum Gasteiger partial charge on any atom is 0.342 e. The molecule has 2 saturated heterocycles. The number of hydrogen-bond acceptors (Lipinski definition) is 11. The molecule has 11 nitrogen and oxygen atoms in total. The van der Waals surface area contributed by atoms with Crippen molar-refractivity contribution in [3.63, 3.8) is 0 Å². The second-order valence-electron chi connectivity index (χ2n) is 10.9. The largest absolute Gasteiger partial charge is 0.462 e. The van der Waals surface area contributed by atoms with Gasteiger partial charge < -0.3 is 39.4 Å². The van der Waals surface area contributed by atoms with Gasteiger partial charge in [0.25, 0.3) is 0 Å². The van der Waals surface area contributed by atoms with E-state index in [9.17, 15) is 34.8 Å². The molecule has 0 aromatic rings. The first-order valence-corrected chi connectivity index (χ1v) is 11.7. The van der Waals surface area contributed by atoms with E-state index < -0.39 is 82.7 Å². The third-order valence-corrected chi connectivity index (χ3v) is 8.67. The lowest BCUT2D eigenvalue weighted by Crippen LogP contribution is -2.72. The number of aliphatic hydroxyl groups is 4. The molecule has 1 spiro atoms. The molecule has 2 aliphatic heterocycles. The van der Waals surface area contributed by atoms with Gasteiger partial charge in [-0.3, -0.25) is 9.59 Å². The van der Waals surface area contributed by atoms with Crippen molar-refractivity contribution in [2.45, 2.75) is 108 Å². The van der Waals surface area contributed by atoms with E-state index in [1.165, 1.54) is 33.8 Å². The lowest BCUT2D eigenvalue weighted by Gasteiger charge is -2.59. The average molecular weight is 499 g/mol. The van der Waals surface area contributed by atoms with Gasteiger partial charge in [0.2, 0.25) is 0 Å². The molecule has 0 amide bonds. The highest BCUT2D eigenvalue weighted by Crippen LogP contribution is 2.65. The van der Waals surface area contributed by atoms with E-state index in [1.807, 2.05) is 0 Å². The third kappa shape index (κ3) is 3.46. The topological polar surface area (TPSA) is 172 Å². The van der Waals surface area contributed by atoms with Gasteiger partial charge in [0, 0.05) is 32.6 Å². The molecule has 0 radical (unpaired) electrons. The molecule has 196 valence electrons. The normalized spacial score (nSPS) is 51.1. The number of carbonyl (C=O) groups is 3. The van der Waals surface area contributed by atoms with Crippen molar-refractivity contribution in [3.05, 3.63) is 11.6 Å². The van der Waals surface area contributed by atoms with Gasteiger partial charge in [0.1, 0.15) is 12.2 Å². The number of hydrogen-bond donors (Lipinski definition) is 4. The number of fused-ring (bicyclic) bond motifs is 1. The van der Waals surface area contributed by atoms with Gasteiger partial charge in [-0.1, -0.05) is 6.92 Å². The van der Waals surface area contributed by atoms with Crippen LogP contribution >= 0.6 is 0 Å².